The van der Waals surface area contributed by atoms with Crippen molar-refractivity contribution in [1.29, 1.82) is 0 Å². The van der Waals surface area contributed by atoms with Crippen LogP contribution in [-0.4, -0.2) is 20.2 Å². The molecule has 1 saturated carbocycles. The van der Waals surface area contributed by atoms with Gasteiger partial charge in [-0.3, -0.25) is 4.79 Å². The number of carbonyl (C=O) groups excluding carboxylic acids is 1. The van der Waals surface area contributed by atoms with Gasteiger partial charge in [-0.25, -0.2) is 0 Å². The molecule has 1 aliphatic carbocycles. The molecule has 0 spiro atoms. The highest BCUT2D eigenvalue weighted by Crippen LogP contribution is 2.46. The largest absolute Gasteiger partial charge is 0.496 e. The van der Waals surface area contributed by atoms with E-state index in [-0.39, 0.29) is 11.4 Å². The molecule has 1 aromatic carbocycles. The highest BCUT2D eigenvalue weighted by Gasteiger charge is 2.45. The second-order valence-corrected chi connectivity index (χ2v) is 5.55. The summed E-state index contributed by atoms with van der Waals surface area (Å²) in [7, 11) is 3.15. The first-order chi connectivity index (χ1) is 9.02. The van der Waals surface area contributed by atoms with Crippen molar-refractivity contribution >= 4 is 5.97 Å². The summed E-state index contributed by atoms with van der Waals surface area (Å²) in [6.07, 6.45) is 3.64. The normalized spacial score (nSPS) is 16.6. The molecule has 2 rings (SSSR count). The van der Waals surface area contributed by atoms with E-state index in [1.165, 1.54) is 18.2 Å². The number of aryl methyl sites for hydroxylation is 2. The summed E-state index contributed by atoms with van der Waals surface area (Å²) in [5.41, 5.74) is 3.22. The molecule has 3 heteroatoms. The number of methoxy groups -OCH3 is 2. The number of esters is 1. The fraction of sp³-hybridized carbons (Fsp3) is 0.562. The van der Waals surface area contributed by atoms with E-state index in [1.54, 1.807) is 7.11 Å². The minimum Gasteiger partial charge on any atom is -0.496 e. The SMILES string of the molecule is COC(=O)C1(Cc2cc(C)c(C)cc2OC)CCC1. The van der Waals surface area contributed by atoms with Crippen LogP contribution in [0.1, 0.15) is 36.0 Å². The Labute approximate surface area is 114 Å². The predicted molar refractivity (Wildman–Crippen MR) is 74.5 cm³/mol. The monoisotopic (exact) mass is 262 g/mol. The van der Waals surface area contributed by atoms with Gasteiger partial charge in [-0.15, -0.1) is 0 Å². The van der Waals surface area contributed by atoms with Crippen LogP contribution in [-0.2, 0) is 16.0 Å². The Morgan fingerprint density at radius 3 is 2.32 bits per heavy atom. The average molecular weight is 262 g/mol. The van der Waals surface area contributed by atoms with Crippen molar-refractivity contribution in [3.63, 3.8) is 0 Å². The van der Waals surface area contributed by atoms with Crippen molar-refractivity contribution < 1.29 is 14.3 Å². The maximum Gasteiger partial charge on any atom is 0.312 e. The number of benzene rings is 1. The third kappa shape index (κ3) is 2.46. The number of hydrogen-bond donors (Lipinski definition) is 0. The Morgan fingerprint density at radius 2 is 1.84 bits per heavy atom. The van der Waals surface area contributed by atoms with E-state index in [1.807, 2.05) is 6.07 Å². The van der Waals surface area contributed by atoms with Gasteiger partial charge < -0.3 is 9.47 Å². The molecule has 0 N–H and O–H groups in total. The molecule has 0 radical (unpaired) electrons. The van der Waals surface area contributed by atoms with Gasteiger partial charge in [0.2, 0.25) is 0 Å². The average Bonchev–Trinajstić information content (AvgIpc) is 2.36. The Balaban J connectivity index is 2.32. The van der Waals surface area contributed by atoms with E-state index in [0.717, 1.165) is 30.6 Å². The lowest BCUT2D eigenvalue weighted by Gasteiger charge is -2.39. The number of rotatable bonds is 4. The molecular formula is C16H22O3. The van der Waals surface area contributed by atoms with Crippen LogP contribution in [0.4, 0.5) is 0 Å². The summed E-state index contributed by atoms with van der Waals surface area (Å²) in [5, 5.41) is 0. The molecule has 3 nitrogen and oxygen atoms in total. The van der Waals surface area contributed by atoms with Crippen molar-refractivity contribution in [3.05, 3.63) is 28.8 Å². The van der Waals surface area contributed by atoms with E-state index in [2.05, 4.69) is 19.9 Å². The molecule has 0 bridgehead atoms. The second-order valence-electron chi connectivity index (χ2n) is 5.55. The van der Waals surface area contributed by atoms with Crippen LogP contribution < -0.4 is 4.74 Å². The first kappa shape index (κ1) is 13.9. The first-order valence-electron chi connectivity index (χ1n) is 6.75. The van der Waals surface area contributed by atoms with Crippen molar-refractivity contribution in [3.8, 4) is 5.75 Å². The zero-order chi connectivity index (χ0) is 14.0. The molecule has 0 heterocycles. The second kappa shape index (κ2) is 5.24. The van der Waals surface area contributed by atoms with E-state index in [4.69, 9.17) is 9.47 Å². The van der Waals surface area contributed by atoms with Crippen LogP contribution in [0.3, 0.4) is 0 Å². The van der Waals surface area contributed by atoms with Crippen LogP contribution in [0, 0.1) is 19.3 Å². The fourth-order valence-electron chi connectivity index (χ4n) is 2.82. The Hall–Kier alpha value is -1.51. The summed E-state index contributed by atoms with van der Waals surface area (Å²) in [6.45, 7) is 4.16. The highest BCUT2D eigenvalue weighted by atomic mass is 16.5. The van der Waals surface area contributed by atoms with E-state index in [0.29, 0.717) is 6.42 Å². The van der Waals surface area contributed by atoms with Gasteiger partial charge in [0.15, 0.2) is 0 Å². The Morgan fingerprint density at radius 1 is 1.21 bits per heavy atom. The molecular weight excluding hydrogens is 240 g/mol. The number of hydrogen-bond acceptors (Lipinski definition) is 3. The first-order valence-corrected chi connectivity index (χ1v) is 6.75. The Bertz CT molecular complexity index is 487. The summed E-state index contributed by atoms with van der Waals surface area (Å²) < 4.78 is 10.4. The maximum atomic E-state index is 12.0. The fourth-order valence-corrected chi connectivity index (χ4v) is 2.82. The lowest BCUT2D eigenvalue weighted by molar-refractivity contribution is -0.158. The topological polar surface area (TPSA) is 35.5 Å². The van der Waals surface area contributed by atoms with Crippen LogP contribution >= 0.6 is 0 Å². The molecule has 0 aromatic heterocycles. The molecule has 1 aliphatic rings. The van der Waals surface area contributed by atoms with Crippen molar-refractivity contribution in [2.45, 2.75) is 39.5 Å². The molecule has 0 saturated heterocycles. The van der Waals surface area contributed by atoms with E-state index >= 15 is 0 Å². The van der Waals surface area contributed by atoms with Gasteiger partial charge in [0.1, 0.15) is 5.75 Å². The third-order valence-electron chi connectivity index (χ3n) is 4.35. The molecule has 104 valence electrons. The minimum atomic E-state index is -0.330. The smallest absolute Gasteiger partial charge is 0.312 e. The summed E-state index contributed by atoms with van der Waals surface area (Å²) in [5.74, 6) is 0.789. The van der Waals surface area contributed by atoms with Crippen molar-refractivity contribution in [1.82, 2.24) is 0 Å². The lowest BCUT2D eigenvalue weighted by Crippen LogP contribution is -2.41. The third-order valence-corrected chi connectivity index (χ3v) is 4.35. The van der Waals surface area contributed by atoms with E-state index < -0.39 is 0 Å². The predicted octanol–water partition coefficient (Wildman–Crippen LogP) is 3.20. The van der Waals surface area contributed by atoms with Gasteiger partial charge in [-0.05, 0) is 55.9 Å². The van der Waals surface area contributed by atoms with Gasteiger partial charge in [-0.1, -0.05) is 12.5 Å². The summed E-state index contributed by atoms with van der Waals surface area (Å²) in [6, 6.07) is 4.19. The van der Waals surface area contributed by atoms with Crippen LogP contribution in [0.25, 0.3) is 0 Å². The summed E-state index contributed by atoms with van der Waals surface area (Å²) in [4.78, 5) is 12.0. The van der Waals surface area contributed by atoms with Gasteiger partial charge in [0.25, 0.3) is 0 Å². The number of ether oxygens (including phenoxy) is 2. The highest BCUT2D eigenvalue weighted by molar-refractivity contribution is 5.78. The van der Waals surface area contributed by atoms with Crippen molar-refractivity contribution in [2.24, 2.45) is 5.41 Å². The van der Waals surface area contributed by atoms with Gasteiger partial charge in [-0.2, -0.15) is 0 Å². The molecule has 0 amide bonds. The zero-order valence-corrected chi connectivity index (χ0v) is 12.2. The van der Waals surface area contributed by atoms with Gasteiger partial charge in [0.05, 0.1) is 19.6 Å². The molecule has 19 heavy (non-hydrogen) atoms. The van der Waals surface area contributed by atoms with Crippen LogP contribution in [0.15, 0.2) is 12.1 Å². The standard InChI is InChI=1S/C16H22O3/c1-11-8-13(14(18-3)9-12(11)2)10-16(6-5-7-16)15(17)19-4/h8-9H,5-7,10H2,1-4H3. The molecule has 1 aromatic rings. The molecule has 0 atom stereocenters. The van der Waals surface area contributed by atoms with Gasteiger partial charge in [0, 0.05) is 0 Å². The summed E-state index contributed by atoms with van der Waals surface area (Å²) >= 11 is 0. The quantitative estimate of drug-likeness (QED) is 0.782. The zero-order valence-electron chi connectivity index (χ0n) is 12.2. The minimum absolute atomic E-state index is 0.0842. The van der Waals surface area contributed by atoms with E-state index in [9.17, 15) is 4.79 Å². The van der Waals surface area contributed by atoms with Crippen LogP contribution in [0.2, 0.25) is 0 Å². The Kier molecular flexibility index (Phi) is 3.83. The van der Waals surface area contributed by atoms with Gasteiger partial charge >= 0.3 is 5.97 Å². The number of carbonyl (C=O) groups is 1. The molecule has 0 aliphatic heterocycles. The molecule has 0 unspecified atom stereocenters. The van der Waals surface area contributed by atoms with Crippen molar-refractivity contribution in [2.75, 3.05) is 14.2 Å². The maximum absolute atomic E-state index is 12.0. The van der Waals surface area contributed by atoms with Crippen LogP contribution in [0.5, 0.6) is 5.75 Å². The molecule has 1 fully saturated rings. The lowest BCUT2D eigenvalue weighted by atomic mass is 9.65.